The maximum atomic E-state index is 6.09. The van der Waals surface area contributed by atoms with Crippen molar-refractivity contribution in [3.8, 4) is 0 Å². The smallest absolute Gasteiger partial charge is 0.0420 e. The summed E-state index contributed by atoms with van der Waals surface area (Å²) in [4.78, 5) is 0. The van der Waals surface area contributed by atoms with Gasteiger partial charge in [0.25, 0.3) is 0 Å². The van der Waals surface area contributed by atoms with Gasteiger partial charge in [-0.3, -0.25) is 0 Å². The number of anilines is 1. The van der Waals surface area contributed by atoms with E-state index in [2.05, 4.69) is 32.1 Å². The van der Waals surface area contributed by atoms with Crippen LogP contribution in [0.5, 0.6) is 0 Å². The van der Waals surface area contributed by atoms with Crippen molar-refractivity contribution < 1.29 is 0 Å². The number of rotatable bonds is 1. The van der Waals surface area contributed by atoms with Crippen molar-refractivity contribution in [1.82, 2.24) is 0 Å². The summed E-state index contributed by atoms with van der Waals surface area (Å²) < 4.78 is 0. The van der Waals surface area contributed by atoms with Gasteiger partial charge in [-0.05, 0) is 50.3 Å². The molecular weight excluding hydrogens is 170 g/mol. The van der Waals surface area contributed by atoms with E-state index >= 15 is 0 Å². The molecule has 0 radical (unpaired) electrons. The molecule has 1 aliphatic rings. The molecule has 0 heterocycles. The fourth-order valence-electron chi connectivity index (χ4n) is 2.16. The second-order valence-electron chi connectivity index (χ2n) is 4.16. The van der Waals surface area contributed by atoms with Crippen LogP contribution in [-0.2, 0) is 0 Å². The van der Waals surface area contributed by atoms with Gasteiger partial charge in [-0.2, -0.15) is 0 Å². The van der Waals surface area contributed by atoms with Crippen LogP contribution in [0.2, 0.25) is 0 Å². The van der Waals surface area contributed by atoms with Crippen LogP contribution in [0.3, 0.4) is 0 Å². The van der Waals surface area contributed by atoms with E-state index in [1.54, 1.807) is 0 Å². The third-order valence-electron chi connectivity index (χ3n) is 2.92. The van der Waals surface area contributed by atoms with Gasteiger partial charge >= 0.3 is 0 Å². The summed E-state index contributed by atoms with van der Waals surface area (Å²) in [6.45, 7) is 4.22. The van der Waals surface area contributed by atoms with E-state index in [9.17, 15) is 0 Å². The third-order valence-corrected chi connectivity index (χ3v) is 2.92. The molecule has 1 aromatic carbocycles. The van der Waals surface area contributed by atoms with Gasteiger partial charge in [-0.1, -0.05) is 17.7 Å². The maximum absolute atomic E-state index is 6.09. The maximum Gasteiger partial charge on any atom is 0.0420 e. The summed E-state index contributed by atoms with van der Waals surface area (Å²) in [6.07, 6.45) is 6.00. The largest absolute Gasteiger partial charge is 0.398 e. The van der Waals surface area contributed by atoms with Crippen molar-refractivity contribution in [2.75, 3.05) is 5.73 Å². The normalized spacial score (nSPS) is 15.7. The summed E-state index contributed by atoms with van der Waals surface area (Å²) in [5, 5.41) is 0. The van der Waals surface area contributed by atoms with E-state index < -0.39 is 0 Å². The number of benzene rings is 1. The first kappa shape index (κ1) is 9.32. The zero-order chi connectivity index (χ0) is 10.1. The minimum atomic E-state index is 0.962. The van der Waals surface area contributed by atoms with E-state index in [1.807, 2.05) is 0 Å². The lowest BCUT2D eigenvalue weighted by molar-refractivity contribution is 0.935. The Bertz CT molecular complexity index is 388. The number of aryl methyl sites for hydroxylation is 2. The molecule has 1 heteroatoms. The number of nitrogen functional groups attached to an aromatic ring is 1. The van der Waals surface area contributed by atoms with Crippen LogP contribution in [0.1, 0.15) is 36.0 Å². The molecule has 0 aliphatic heterocycles. The minimum absolute atomic E-state index is 0.962. The van der Waals surface area contributed by atoms with Crippen LogP contribution in [0.15, 0.2) is 18.2 Å². The highest BCUT2D eigenvalue weighted by atomic mass is 14.6. The Morgan fingerprint density at radius 2 is 2.00 bits per heavy atom. The zero-order valence-corrected chi connectivity index (χ0v) is 8.93. The van der Waals surface area contributed by atoms with Crippen LogP contribution < -0.4 is 5.73 Å². The lowest BCUT2D eigenvalue weighted by atomic mass is 9.98. The molecule has 1 aliphatic carbocycles. The van der Waals surface area contributed by atoms with E-state index in [0.717, 1.165) is 5.69 Å². The monoisotopic (exact) mass is 187 g/mol. The number of hydrogen-bond donors (Lipinski definition) is 1. The Morgan fingerprint density at radius 1 is 1.21 bits per heavy atom. The fraction of sp³-hybridized carbons (Fsp3) is 0.385. The molecule has 14 heavy (non-hydrogen) atoms. The number of hydrogen-bond acceptors (Lipinski definition) is 1. The standard InChI is InChI=1S/C13H17N/c1-9-7-10(2)13(14)12(8-9)11-5-3-4-6-11/h5,7-8H,3-4,6,14H2,1-2H3. The molecule has 0 bridgehead atoms. The third kappa shape index (κ3) is 1.54. The lowest BCUT2D eigenvalue weighted by Gasteiger charge is -2.10. The molecule has 0 fully saturated rings. The highest BCUT2D eigenvalue weighted by Gasteiger charge is 2.11. The van der Waals surface area contributed by atoms with Gasteiger partial charge < -0.3 is 5.73 Å². The Kier molecular flexibility index (Phi) is 2.32. The quantitative estimate of drug-likeness (QED) is 0.669. The van der Waals surface area contributed by atoms with E-state index in [0.29, 0.717) is 0 Å². The molecule has 0 spiro atoms. The summed E-state index contributed by atoms with van der Waals surface area (Å²) in [7, 11) is 0. The fourth-order valence-corrected chi connectivity index (χ4v) is 2.16. The summed E-state index contributed by atoms with van der Waals surface area (Å²) in [5.74, 6) is 0. The molecule has 0 saturated carbocycles. The van der Waals surface area contributed by atoms with Crippen molar-refractivity contribution >= 4 is 11.3 Å². The average molecular weight is 187 g/mol. The van der Waals surface area contributed by atoms with Gasteiger partial charge in [-0.25, -0.2) is 0 Å². The predicted molar refractivity (Wildman–Crippen MR) is 62.2 cm³/mol. The molecule has 0 atom stereocenters. The van der Waals surface area contributed by atoms with Crippen molar-refractivity contribution in [2.24, 2.45) is 0 Å². The topological polar surface area (TPSA) is 26.0 Å². The molecule has 74 valence electrons. The van der Waals surface area contributed by atoms with Crippen LogP contribution in [-0.4, -0.2) is 0 Å². The SMILES string of the molecule is Cc1cc(C)c(N)c(C2=CCCC2)c1. The van der Waals surface area contributed by atoms with E-state index in [1.165, 1.54) is 41.5 Å². The first-order valence-electron chi connectivity index (χ1n) is 5.24. The van der Waals surface area contributed by atoms with Crippen LogP contribution in [0.4, 0.5) is 5.69 Å². The van der Waals surface area contributed by atoms with Crippen molar-refractivity contribution in [2.45, 2.75) is 33.1 Å². The predicted octanol–water partition coefficient (Wildman–Crippen LogP) is 3.45. The molecule has 0 unspecified atom stereocenters. The highest BCUT2D eigenvalue weighted by molar-refractivity contribution is 5.78. The Hall–Kier alpha value is -1.24. The van der Waals surface area contributed by atoms with Gasteiger partial charge in [-0.15, -0.1) is 0 Å². The van der Waals surface area contributed by atoms with Gasteiger partial charge in [0.05, 0.1) is 0 Å². The molecule has 2 rings (SSSR count). The van der Waals surface area contributed by atoms with Crippen molar-refractivity contribution in [3.05, 3.63) is 34.9 Å². The Morgan fingerprint density at radius 3 is 2.64 bits per heavy atom. The van der Waals surface area contributed by atoms with Gasteiger partial charge in [0.15, 0.2) is 0 Å². The Labute approximate surface area is 85.6 Å². The summed E-state index contributed by atoms with van der Waals surface area (Å²) >= 11 is 0. The van der Waals surface area contributed by atoms with Gasteiger partial charge in [0, 0.05) is 11.3 Å². The molecule has 0 saturated heterocycles. The first-order chi connectivity index (χ1) is 6.68. The zero-order valence-electron chi connectivity index (χ0n) is 8.93. The Balaban J connectivity index is 2.51. The van der Waals surface area contributed by atoms with Crippen LogP contribution >= 0.6 is 0 Å². The van der Waals surface area contributed by atoms with Crippen LogP contribution in [0.25, 0.3) is 5.57 Å². The summed E-state index contributed by atoms with van der Waals surface area (Å²) in [6, 6.07) is 4.35. The average Bonchev–Trinajstić information content (AvgIpc) is 2.63. The lowest BCUT2D eigenvalue weighted by Crippen LogP contribution is -1.97. The molecule has 1 aromatic rings. The molecule has 0 amide bonds. The first-order valence-corrected chi connectivity index (χ1v) is 5.24. The van der Waals surface area contributed by atoms with E-state index in [-0.39, 0.29) is 0 Å². The van der Waals surface area contributed by atoms with Gasteiger partial charge in [0.2, 0.25) is 0 Å². The second-order valence-corrected chi connectivity index (χ2v) is 4.16. The molecule has 2 N–H and O–H groups in total. The molecule has 1 nitrogen and oxygen atoms in total. The van der Waals surface area contributed by atoms with Crippen LogP contribution in [0, 0.1) is 13.8 Å². The molecule has 0 aromatic heterocycles. The van der Waals surface area contributed by atoms with Gasteiger partial charge in [0.1, 0.15) is 0 Å². The summed E-state index contributed by atoms with van der Waals surface area (Å²) in [5.41, 5.74) is 12.3. The second kappa shape index (κ2) is 3.49. The molecular formula is C13H17N. The van der Waals surface area contributed by atoms with Crippen molar-refractivity contribution in [1.29, 1.82) is 0 Å². The van der Waals surface area contributed by atoms with Crippen molar-refractivity contribution in [3.63, 3.8) is 0 Å². The number of nitrogens with two attached hydrogens (primary N) is 1. The highest BCUT2D eigenvalue weighted by Crippen LogP contribution is 2.33. The number of allylic oxidation sites excluding steroid dienone is 2. The van der Waals surface area contributed by atoms with E-state index in [4.69, 9.17) is 5.73 Å². The minimum Gasteiger partial charge on any atom is -0.398 e.